The normalized spacial score (nSPS) is 12.4. The number of esters is 1. The first-order valence-corrected chi connectivity index (χ1v) is 34.3. The summed E-state index contributed by atoms with van der Waals surface area (Å²) in [6.45, 7) is 4.99. The number of hydrogen-bond acceptors (Lipinski definition) is 5. The molecule has 0 aliphatic rings. The summed E-state index contributed by atoms with van der Waals surface area (Å²) >= 11 is 0. The monoisotopic (exact) mass is 1050 g/mol. The van der Waals surface area contributed by atoms with Crippen molar-refractivity contribution in [3.05, 3.63) is 0 Å². The van der Waals surface area contributed by atoms with Gasteiger partial charge in [-0.2, -0.15) is 0 Å². The van der Waals surface area contributed by atoms with Gasteiger partial charge in [0.05, 0.1) is 25.4 Å². The van der Waals surface area contributed by atoms with Gasteiger partial charge in [0.1, 0.15) is 0 Å². The Morgan fingerprint density at radius 3 is 0.824 bits per heavy atom. The first kappa shape index (κ1) is 72.9. The molecule has 0 radical (unpaired) electrons. The van der Waals surface area contributed by atoms with E-state index in [1.807, 2.05) is 0 Å². The van der Waals surface area contributed by atoms with E-state index in [0.29, 0.717) is 25.9 Å². The minimum atomic E-state index is -0.665. The molecule has 6 heteroatoms. The lowest BCUT2D eigenvalue weighted by Gasteiger charge is -2.22. The van der Waals surface area contributed by atoms with E-state index in [1.165, 1.54) is 327 Å². The third-order valence-corrected chi connectivity index (χ3v) is 16.4. The summed E-state index contributed by atoms with van der Waals surface area (Å²) in [6.07, 6.45) is 77.1. The fraction of sp³-hybridized carbons (Fsp3) is 0.971. The first-order chi connectivity index (χ1) is 36.5. The lowest BCUT2D eigenvalue weighted by atomic mass is 10.0. The van der Waals surface area contributed by atoms with E-state index in [-0.39, 0.29) is 18.5 Å². The van der Waals surface area contributed by atoms with Crippen LogP contribution in [0.3, 0.4) is 0 Å². The Kier molecular flexibility index (Phi) is 63.4. The molecule has 0 spiro atoms. The van der Waals surface area contributed by atoms with Crippen molar-refractivity contribution in [3.63, 3.8) is 0 Å². The molecule has 0 saturated carbocycles. The summed E-state index contributed by atoms with van der Waals surface area (Å²) in [5, 5.41) is 23.4. The smallest absolute Gasteiger partial charge is 0.305 e. The number of hydrogen-bond donors (Lipinski definition) is 3. The molecule has 0 aromatic heterocycles. The van der Waals surface area contributed by atoms with Crippen molar-refractivity contribution in [2.24, 2.45) is 0 Å². The molecular formula is C68H135NO5. The van der Waals surface area contributed by atoms with Gasteiger partial charge in [-0.15, -0.1) is 0 Å². The number of carbonyl (C=O) groups is 2. The van der Waals surface area contributed by atoms with Crippen LogP contribution in [0.4, 0.5) is 0 Å². The van der Waals surface area contributed by atoms with Gasteiger partial charge in [-0.3, -0.25) is 9.59 Å². The Hall–Kier alpha value is -1.14. The number of aliphatic hydroxyl groups is 2. The van der Waals surface area contributed by atoms with Crippen LogP contribution >= 0.6 is 0 Å². The second-order valence-corrected chi connectivity index (χ2v) is 23.9. The molecule has 0 aliphatic carbocycles. The summed E-state index contributed by atoms with van der Waals surface area (Å²) in [5.41, 5.74) is 0. The molecule has 0 aliphatic heterocycles. The number of ether oxygens (including phenoxy) is 1. The van der Waals surface area contributed by atoms with Crippen LogP contribution in [-0.2, 0) is 14.3 Å². The van der Waals surface area contributed by atoms with E-state index in [1.54, 1.807) is 0 Å². The molecule has 0 aromatic carbocycles. The topological polar surface area (TPSA) is 95.9 Å². The van der Waals surface area contributed by atoms with E-state index < -0.39 is 12.1 Å². The van der Waals surface area contributed by atoms with E-state index in [0.717, 1.165) is 38.5 Å². The molecular weight excluding hydrogens is 911 g/mol. The van der Waals surface area contributed by atoms with Crippen molar-refractivity contribution in [3.8, 4) is 0 Å². The first-order valence-electron chi connectivity index (χ1n) is 34.3. The minimum Gasteiger partial charge on any atom is -0.466 e. The Morgan fingerprint density at radius 1 is 0.324 bits per heavy atom. The van der Waals surface area contributed by atoms with Gasteiger partial charge in [0.2, 0.25) is 5.91 Å². The van der Waals surface area contributed by atoms with Crippen LogP contribution in [0.1, 0.15) is 399 Å². The molecule has 2 unspecified atom stereocenters. The highest BCUT2D eigenvalue weighted by Crippen LogP contribution is 2.19. The maximum Gasteiger partial charge on any atom is 0.305 e. The fourth-order valence-electron chi connectivity index (χ4n) is 11.2. The van der Waals surface area contributed by atoms with Crippen LogP contribution in [0.5, 0.6) is 0 Å². The van der Waals surface area contributed by atoms with E-state index in [2.05, 4.69) is 19.2 Å². The molecule has 0 bridgehead atoms. The Labute approximate surface area is 464 Å². The predicted octanol–water partition coefficient (Wildman–Crippen LogP) is 21.8. The number of aliphatic hydroxyl groups excluding tert-OH is 2. The van der Waals surface area contributed by atoms with Gasteiger partial charge in [0.25, 0.3) is 0 Å². The highest BCUT2D eigenvalue weighted by atomic mass is 16.5. The van der Waals surface area contributed by atoms with Crippen molar-refractivity contribution >= 4 is 11.9 Å². The minimum absolute atomic E-state index is 0.0132. The zero-order valence-electron chi connectivity index (χ0n) is 50.6. The van der Waals surface area contributed by atoms with Crippen molar-refractivity contribution in [2.75, 3.05) is 13.2 Å². The lowest BCUT2D eigenvalue weighted by Crippen LogP contribution is -2.45. The van der Waals surface area contributed by atoms with Crippen molar-refractivity contribution < 1.29 is 24.5 Å². The van der Waals surface area contributed by atoms with Crippen LogP contribution in [0.2, 0.25) is 0 Å². The van der Waals surface area contributed by atoms with Gasteiger partial charge in [0, 0.05) is 12.8 Å². The van der Waals surface area contributed by atoms with Crippen LogP contribution in [0, 0.1) is 0 Å². The van der Waals surface area contributed by atoms with E-state index in [9.17, 15) is 19.8 Å². The summed E-state index contributed by atoms with van der Waals surface area (Å²) < 4.78 is 5.47. The number of rotatable bonds is 65. The summed E-state index contributed by atoms with van der Waals surface area (Å²) in [5.74, 6) is -0.0169. The molecule has 442 valence electrons. The molecule has 0 saturated heterocycles. The molecule has 74 heavy (non-hydrogen) atoms. The van der Waals surface area contributed by atoms with Crippen LogP contribution in [-0.4, -0.2) is 47.4 Å². The highest BCUT2D eigenvalue weighted by Gasteiger charge is 2.20. The van der Waals surface area contributed by atoms with Crippen LogP contribution in [0.15, 0.2) is 0 Å². The van der Waals surface area contributed by atoms with Gasteiger partial charge in [0.15, 0.2) is 0 Å². The third kappa shape index (κ3) is 60.1. The molecule has 0 fully saturated rings. The predicted molar refractivity (Wildman–Crippen MR) is 324 cm³/mol. The Bertz CT molecular complexity index is 1070. The number of amides is 1. The quantitative estimate of drug-likeness (QED) is 0.0417. The molecule has 0 rings (SSSR count). The SMILES string of the molecule is CCCCCCCCCCCCCCCCCCCCCCCCCCCC(O)C(CO)NC(=O)CCCCCCCCCCCCCCCCCCCCCCCOC(=O)CCCCCCCCCCCCC. The van der Waals surface area contributed by atoms with Crippen LogP contribution < -0.4 is 5.32 Å². The summed E-state index contributed by atoms with van der Waals surface area (Å²) in [6, 6.07) is -0.542. The van der Waals surface area contributed by atoms with Crippen molar-refractivity contribution in [1.29, 1.82) is 0 Å². The van der Waals surface area contributed by atoms with E-state index in [4.69, 9.17) is 4.74 Å². The van der Waals surface area contributed by atoms with Gasteiger partial charge in [-0.05, 0) is 25.7 Å². The number of carbonyl (C=O) groups excluding carboxylic acids is 2. The average Bonchev–Trinajstić information content (AvgIpc) is 3.40. The van der Waals surface area contributed by atoms with Crippen molar-refractivity contribution in [2.45, 2.75) is 411 Å². The van der Waals surface area contributed by atoms with Crippen molar-refractivity contribution in [1.82, 2.24) is 5.32 Å². The van der Waals surface area contributed by atoms with E-state index >= 15 is 0 Å². The summed E-state index contributed by atoms with van der Waals surface area (Å²) in [4.78, 5) is 24.6. The standard InChI is InChI=1S/C68H135NO5/c1-3-5-7-9-11-13-15-16-17-18-19-20-21-22-23-25-28-31-34-37-41-44-48-52-56-60-66(71)65(64-70)69-67(72)61-57-53-49-45-42-38-35-32-29-26-24-27-30-33-36-39-43-47-51-55-59-63-74-68(73)62-58-54-50-46-40-14-12-10-8-6-4-2/h65-66,70-71H,3-64H2,1-2H3,(H,69,72). The van der Waals surface area contributed by atoms with Gasteiger partial charge in [-0.25, -0.2) is 0 Å². The number of unbranched alkanes of at least 4 members (excludes halogenated alkanes) is 54. The molecule has 0 heterocycles. The zero-order valence-corrected chi connectivity index (χ0v) is 50.6. The largest absolute Gasteiger partial charge is 0.466 e. The second kappa shape index (κ2) is 64.4. The molecule has 2 atom stereocenters. The molecule has 3 N–H and O–H groups in total. The summed E-state index contributed by atoms with van der Waals surface area (Å²) in [7, 11) is 0. The highest BCUT2D eigenvalue weighted by molar-refractivity contribution is 5.76. The number of nitrogens with one attached hydrogen (secondary N) is 1. The fourth-order valence-corrected chi connectivity index (χ4v) is 11.2. The molecule has 6 nitrogen and oxygen atoms in total. The third-order valence-electron chi connectivity index (χ3n) is 16.4. The Morgan fingerprint density at radius 2 is 0.554 bits per heavy atom. The van der Waals surface area contributed by atoms with Gasteiger partial charge >= 0.3 is 5.97 Å². The Balaban J connectivity index is 3.38. The maximum absolute atomic E-state index is 12.6. The molecule has 1 amide bonds. The van der Waals surface area contributed by atoms with Gasteiger partial charge < -0.3 is 20.3 Å². The maximum atomic E-state index is 12.6. The zero-order chi connectivity index (χ0) is 53.6. The molecule has 0 aromatic rings. The van der Waals surface area contributed by atoms with Crippen LogP contribution in [0.25, 0.3) is 0 Å². The van der Waals surface area contributed by atoms with Gasteiger partial charge in [-0.1, -0.05) is 361 Å². The lowest BCUT2D eigenvalue weighted by molar-refractivity contribution is -0.143. The second-order valence-electron chi connectivity index (χ2n) is 23.9. The average molecular weight is 1050 g/mol.